The first-order chi connectivity index (χ1) is 22.0. The molecule has 3 heterocycles. The number of aliphatic hydroxyl groups excluding tert-OH is 1. The molecule has 2 aliphatic heterocycles. The SMILES string of the molecule is C=CCOC(=O)c1sc(N2C(=O)C(=O)C(=C(O)c3ccc4c(c3)C[C@@H](C)O4)[C@H]2c2ccc(OCCC(C)C)c(OCC)c2)nc1C. The quantitative estimate of drug-likeness (QED) is 0.0765. The number of carbonyl (C=O) groups is 3. The number of nitrogens with zero attached hydrogens (tertiary/aromatic N) is 2. The molecule has 1 fully saturated rings. The fraction of sp³-hybridized carbons (Fsp3) is 0.371. The third-order valence-corrected chi connectivity index (χ3v) is 8.80. The van der Waals surface area contributed by atoms with Gasteiger partial charge in [-0.1, -0.05) is 43.9 Å². The van der Waals surface area contributed by atoms with Crippen molar-refractivity contribution in [2.45, 2.75) is 59.6 Å². The maximum atomic E-state index is 13.8. The highest BCUT2D eigenvalue weighted by Gasteiger charge is 2.49. The number of fused-ring (bicyclic) bond motifs is 1. The molecule has 0 bridgehead atoms. The summed E-state index contributed by atoms with van der Waals surface area (Å²) in [6.07, 6.45) is 2.93. The van der Waals surface area contributed by atoms with Gasteiger partial charge in [-0.15, -0.1) is 0 Å². The zero-order valence-electron chi connectivity index (χ0n) is 26.6. The van der Waals surface area contributed by atoms with E-state index in [1.165, 1.54) is 11.0 Å². The van der Waals surface area contributed by atoms with E-state index < -0.39 is 23.7 Å². The van der Waals surface area contributed by atoms with Crippen LogP contribution < -0.4 is 19.1 Å². The van der Waals surface area contributed by atoms with Gasteiger partial charge in [-0.2, -0.15) is 0 Å². The first-order valence-corrected chi connectivity index (χ1v) is 16.1. The molecule has 0 radical (unpaired) electrons. The third kappa shape index (κ3) is 6.50. The average molecular weight is 647 g/mol. The lowest BCUT2D eigenvalue weighted by atomic mass is 9.94. The highest BCUT2D eigenvalue weighted by atomic mass is 32.1. The van der Waals surface area contributed by atoms with Gasteiger partial charge in [0, 0.05) is 12.0 Å². The molecule has 46 heavy (non-hydrogen) atoms. The summed E-state index contributed by atoms with van der Waals surface area (Å²) in [5, 5.41) is 11.8. The van der Waals surface area contributed by atoms with Crippen molar-refractivity contribution in [3.05, 3.63) is 81.9 Å². The van der Waals surface area contributed by atoms with Crippen LogP contribution in [0.25, 0.3) is 5.76 Å². The Morgan fingerprint density at radius 1 is 1.20 bits per heavy atom. The number of ether oxygens (including phenoxy) is 4. The van der Waals surface area contributed by atoms with Gasteiger partial charge in [0.25, 0.3) is 5.78 Å². The number of aromatic nitrogens is 1. The second kappa shape index (κ2) is 13.8. The molecule has 1 aromatic heterocycles. The molecule has 2 atom stereocenters. The van der Waals surface area contributed by atoms with Gasteiger partial charge in [0.1, 0.15) is 29.1 Å². The van der Waals surface area contributed by atoms with E-state index in [0.717, 1.165) is 23.3 Å². The maximum absolute atomic E-state index is 13.8. The van der Waals surface area contributed by atoms with Crippen LogP contribution >= 0.6 is 11.3 Å². The minimum atomic E-state index is -1.09. The first-order valence-electron chi connectivity index (χ1n) is 15.3. The molecule has 242 valence electrons. The summed E-state index contributed by atoms with van der Waals surface area (Å²) in [6.45, 7) is 14.1. The number of hydrogen-bond donors (Lipinski definition) is 1. The molecule has 2 aliphatic rings. The van der Waals surface area contributed by atoms with E-state index in [-0.39, 0.29) is 34.1 Å². The van der Waals surface area contributed by atoms with Crippen LogP contribution in [0.4, 0.5) is 5.13 Å². The van der Waals surface area contributed by atoms with Crippen molar-refractivity contribution in [3.63, 3.8) is 0 Å². The topological polar surface area (TPSA) is 124 Å². The number of carbonyl (C=O) groups excluding carboxylic acids is 3. The number of benzene rings is 2. The summed E-state index contributed by atoms with van der Waals surface area (Å²) in [7, 11) is 0. The molecule has 0 spiro atoms. The van der Waals surface area contributed by atoms with Gasteiger partial charge >= 0.3 is 11.9 Å². The van der Waals surface area contributed by atoms with Crippen molar-refractivity contribution in [3.8, 4) is 17.2 Å². The van der Waals surface area contributed by atoms with Crippen molar-refractivity contribution in [2.75, 3.05) is 24.7 Å². The van der Waals surface area contributed by atoms with Crippen LogP contribution in [0.3, 0.4) is 0 Å². The normalized spacial score (nSPS) is 18.4. The van der Waals surface area contributed by atoms with E-state index in [1.54, 1.807) is 43.3 Å². The number of amides is 1. The lowest BCUT2D eigenvalue weighted by molar-refractivity contribution is -0.132. The number of esters is 1. The maximum Gasteiger partial charge on any atom is 0.350 e. The fourth-order valence-corrected chi connectivity index (χ4v) is 6.42. The zero-order chi connectivity index (χ0) is 33.1. The summed E-state index contributed by atoms with van der Waals surface area (Å²) in [5.41, 5.74) is 1.98. The minimum Gasteiger partial charge on any atom is -0.507 e. The van der Waals surface area contributed by atoms with Crippen LogP contribution in [0.1, 0.15) is 72.2 Å². The summed E-state index contributed by atoms with van der Waals surface area (Å²) < 4.78 is 23.0. The van der Waals surface area contributed by atoms with Crippen LogP contribution in [0, 0.1) is 12.8 Å². The predicted octanol–water partition coefficient (Wildman–Crippen LogP) is 6.57. The van der Waals surface area contributed by atoms with Crippen LogP contribution in [-0.4, -0.2) is 53.7 Å². The van der Waals surface area contributed by atoms with Crippen molar-refractivity contribution in [2.24, 2.45) is 5.92 Å². The second-order valence-electron chi connectivity index (χ2n) is 11.6. The van der Waals surface area contributed by atoms with E-state index in [4.69, 9.17) is 18.9 Å². The molecule has 0 unspecified atom stereocenters. The van der Waals surface area contributed by atoms with Gasteiger partial charge < -0.3 is 24.1 Å². The van der Waals surface area contributed by atoms with Crippen molar-refractivity contribution >= 4 is 39.9 Å². The van der Waals surface area contributed by atoms with Gasteiger partial charge in [-0.05, 0) is 74.6 Å². The number of thiazole rings is 1. The van der Waals surface area contributed by atoms with Crippen molar-refractivity contribution in [1.82, 2.24) is 4.98 Å². The third-order valence-electron chi connectivity index (χ3n) is 7.66. The molecule has 1 amide bonds. The molecule has 5 rings (SSSR count). The Balaban J connectivity index is 1.65. The molecule has 1 N–H and O–H groups in total. The number of aryl methyl sites for hydroxylation is 1. The smallest absolute Gasteiger partial charge is 0.350 e. The highest BCUT2D eigenvalue weighted by molar-refractivity contribution is 7.17. The molecule has 10 nitrogen and oxygen atoms in total. The summed E-state index contributed by atoms with van der Waals surface area (Å²) in [5.74, 6) is -0.608. The Morgan fingerprint density at radius 2 is 1.98 bits per heavy atom. The number of rotatable bonds is 12. The molecular formula is C35H38N2O8S. The summed E-state index contributed by atoms with van der Waals surface area (Å²) in [6, 6.07) is 9.29. The van der Waals surface area contributed by atoms with E-state index in [1.807, 2.05) is 13.8 Å². The number of Topliss-reactive ketones (excluding diaryl/α,β-unsaturated/α-hetero) is 1. The van der Waals surface area contributed by atoms with E-state index >= 15 is 0 Å². The Hall–Kier alpha value is -4.64. The first kappa shape index (κ1) is 32.7. The Bertz CT molecular complexity index is 1710. The fourth-order valence-electron chi connectivity index (χ4n) is 5.43. The molecule has 2 aromatic carbocycles. The van der Waals surface area contributed by atoms with Crippen LogP contribution in [-0.2, 0) is 20.7 Å². The lowest BCUT2D eigenvalue weighted by Gasteiger charge is -2.24. The van der Waals surface area contributed by atoms with Gasteiger partial charge in [0.05, 0.1) is 30.5 Å². The number of aliphatic hydroxyl groups is 1. The molecule has 3 aromatic rings. The molecule has 0 aliphatic carbocycles. The van der Waals surface area contributed by atoms with E-state index in [2.05, 4.69) is 25.4 Å². The van der Waals surface area contributed by atoms with Crippen molar-refractivity contribution < 1.29 is 38.4 Å². The van der Waals surface area contributed by atoms with E-state index in [0.29, 0.717) is 59.6 Å². The number of anilines is 1. The Morgan fingerprint density at radius 3 is 2.70 bits per heavy atom. The standard InChI is InChI=1S/C35H38N2O8S/c1-7-14-44-34(41)32-21(6)36-35(46-32)37-29(22-9-12-26(27(18-22)42-8-2)43-15-13-19(3)4)28(31(39)33(37)40)30(38)23-10-11-25-24(17-23)16-20(5)45-25/h7,9-12,17-20,29,38H,1,8,13-16H2,2-6H3/t20-,29-/m1/s1. The summed E-state index contributed by atoms with van der Waals surface area (Å²) >= 11 is 0.933. The molecular weight excluding hydrogens is 608 g/mol. The van der Waals surface area contributed by atoms with Crippen LogP contribution in [0.2, 0.25) is 0 Å². The van der Waals surface area contributed by atoms with Gasteiger partial charge in [0.2, 0.25) is 0 Å². The monoisotopic (exact) mass is 646 g/mol. The van der Waals surface area contributed by atoms with Crippen LogP contribution in [0.5, 0.6) is 17.2 Å². The van der Waals surface area contributed by atoms with Crippen molar-refractivity contribution in [1.29, 1.82) is 0 Å². The number of ketones is 1. The van der Waals surface area contributed by atoms with Gasteiger partial charge in [-0.3, -0.25) is 14.5 Å². The van der Waals surface area contributed by atoms with E-state index in [9.17, 15) is 19.5 Å². The molecule has 0 saturated carbocycles. The highest BCUT2D eigenvalue weighted by Crippen LogP contribution is 2.46. The lowest BCUT2D eigenvalue weighted by Crippen LogP contribution is -2.29. The Kier molecular flexibility index (Phi) is 9.81. The van der Waals surface area contributed by atoms with Crippen LogP contribution in [0.15, 0.2) is 54.6 Å². The summed E-state index contributed by atoms with van der Waals surface area (Å²) in [4.78, 5) is 46.3. The minimum absolute atomic E-state index is 0.00636. The molecule has 11 heteroatoms. The average Bonchev–Trinajstić information content (AvgIpc) is 3.67. The molecule has 1 saturated heterocycles. The number of hydrogen-bond acceptors (Lipinski definition) is 10. The van der Waals surface area contributed by atoms with Gasteiger partial charge in [-0.25, -0.2) is 9.78 Å². The predicted molar refractivity (Wildman–Crippen MR) is 175 cm³/mol. The largest absolute Gasteiger partial charge is 0.507 e. The zero-order valence-corrected chi connectivity index (χ0v) is 27.4. The van der Waals surface area contributed by atoms with Gasteiger partial charge in [0.15, 0.2) is 16.6 Å². The Labute approximate surface area is 272 Å². The second-order valence-corrected chi connectivity index (χ2v) is 12.6.